The van der Waals surface area contributed by atoms with Crippen molar-refractivity contribution in [3.8, 4) is 0 Å². The number of aromatic nitrogens is 2. The summed E-state index contributed by atoms with van der Waals surface area (Å²) in [5.41, 5.74) is 4.73. The van der Waals surface area contributed by atoms with Gasteiger partial charge < -0.3 is 0 Å². The minimum Gasteiger partial charge on any atom is -0.276 e. The minimum absolute atomic E-state index is 0.369. The maximum atomic E-state index is 12.8. The van der Waals surface area contributed by atoms with E-state index < -0.39 is 10.0 Å². The van der Waals surface area contributed by atoms with Crippen LogP contribution < -0.4 is 4.72 Å². The van der Waals surface area contributed by atoms with Crippen LogP contribution in [0.25, 0.3) is 0 Å². The fourth-order valence-corrected chi connectivity index (χ4v) is 4.28. The van der Waals surface area contributed by atoms with Gasteiger partial charge in [-0.1, -0.05) is 6.07 Å². The highest BCUT2D eigenvalue weighted by atomic mass is 32.2. The van der Waals surface area contributed by atoms with Crippen LogP contribution >= 0.6 is 0 Å². The van der Waals surface area contributed by atoms with E-state index in [0.29, 0.717) is 22.8 Å². The minimum atomic E-state index is -3.64. The zero-order valence-corrected chi connectivity index (χ0v) is 14.8. The molecule has 0 radical (unpaired) electrons. The molecular weight excluding hydrogens is 298 g/mol. The molecule has 0 spiro atoms. The molecule has 0 unspecified atom stereocenters. The molecule has 1 aromatic heterocycles. The summed E-state index contributed by atoms with van der Waals surface area (Å²) in [6.07, 6.45) is 1.72. The number of sulfonamides is 1. The van der Waals surface area contributed by atoms with Gasteiger partial charge in [0.25, 0.3) is 10.0 Å². The quantitative estimate of drug-likeness (QED) is 0.940. The van der Waals surface area contributed by atoms with Crippen molar-refractivity contribution in [3.63, 3.8) is 0 Å². The lowest BCUT2D eigenvalue weighted by atomic mass is 10.0. The zero-order valence-electron chi connectivity index (χ0n) is 14.0. The number of nitrogens with zero attached hydrogens (tertiary/aromatic N) is 2. The van der Waals surface area contributed by atoms with Crippen molar-refractivity contribution in [2.75, 3.05) is 4.72 Å². The number of benzene rings is 1. The molecule has 6 heteroatoms. The summed E-state index contributed by atoms with van der Waals surface area (Å²) in [6, 6.07) is 2.02. The van der Waals surface area contributed by atoms with Crippen molar-refractivity contribution in [2.24, 2.45) is 0 Å². The van der Waals surface area contributed by atoms with Gasteiger partial charge in [-0.05, 0) is 63.8 Å². The van der Waals surface area contributed by atoms with Crippen molar-refractivity contribution in [2.45, 2.75) is 53.0 Å². The third kappa shape index (κ3) is 2.88. The van der Waals surface area contributed by atoms with Crippen molar-refractivity contribution in [1.29, 1.82) is 0 Å². The fourth-order valence-electron chi connectivity index (χ4n) is 2.56. The number of aryl methyl sites for hydroxylation is 4. The third-order valence-corrected chi connectivity index (χ3v) is 5.72. The van der Waals surface area contributed by atoms with E-state index >= 15 is 0 Å². The molecular formula is C16H23N3O2S. The highest BCUT2D eigenvalue weighted by Crippen LogP contribution is 2.28. The molecule has 0 atom stereocenters. The van der Waals surface area contributed by atoms with Crippen LogP contribution in [0, 0.1) is 34.6 Å². The smallest absolute Gasteiger partial charge is 0.262 e. The van der Waals surface area contributed by atoms with Gasteiger partial charge in [0.05, 0.1) is 16.3 Å². The maximum Gasteiger partial charge on any atom is 0.262 e. The van der Waals surface area contributed by atoms with E-state index in [1.807, 2.05) is 40.7 Å². The predicted octanol–water partition coefficient (Wildman–Crippen LogP) is 3.25. The number of nitrogens with one attached hydrogen (secondary N) is 1. The van der Waals surface area contributed by atoms with Gasteiger partial charge in [0, 0.05) is 12.7 Å². The lowest BCUT2D eigenvalue weighted by molar-refractivity contribution is 0.599. The summed E-state index contributed by atoms with van der Waals surface area (Å²) in [4.78, 5) is 0.369. The SMILES string of the molecule is CCn1cc(NS(=O)(=O)c2c(C)c(C)cc(C)c2C)c(C)n1. The number of anilines is 1. The Morgan fingerprint density at radius 3 is 2.09 bits per heavy atom. The monoisotopic (exact) mass is 321 g/mol. The van der Waals surface area contributed by atoms with Gasteiger partial charge in [-0.2, -0.15) is 5.10 Å². The molecule has 0 saturated carbocycles. The molecule has 1 heterocycles. The molecule has 1 aromatic carbocycles. The first kappa shape index (κ1) is 16.5. The molecule has 0 bridgehead atoms. The normalized spacial score (nSPS) is 11.7. The average molecular weight is 321 g/mol. The first-order valence-corrected chi connectivity index (χ1v) is 8.80. The Morgan fingerprint density at radius 2 is 1.64 bits per heavy atom. The molecule has 0 aliphatic carbocycles. The van der Waals surface area contributed by atoms with Gasteiger partial charge in [0.2, 0.25) is 0 Å². The summed E-state index contributed by atoms with van der Waals surface area (Å²) >= 11 is 0. The van der Waals surface area contributed by atoms with Crippen LogP contribution in [-0.4, -0.2) is 18.2 Å². The predicted molar refractivity (Wildman–Crippen MR) is 88.8 cm³/mol. The second-order valence-corrected chi connectivity index (χ2v) is 7.30. The Morgan fingerprint density at radius 1 is 1.09 bits per heavy atom. The molecule has 120 valence electrons. The Bertz CT molecular complexity index is 794. The third-order valence-electron chi connectivity index (χ3n) is 4.08. The number of hydrogen-bond acceptors (Lipinski definition) is 3. The van der Waals surface area contributed by atoms with E-state index in [9.17, 15) is 8.42 Å². The van der Waals surface area contributed by atoms with Crippen LogP contribution in [0.15, 0.2) is 17.2 Å². The van der Waals surface area contributed by atoms with Crippen molar-refractivity contribution in [3.05, 3.63) is 40.2 Å². The molecule has 0 aliphatic heterocycles. The second-order valence-electron chi connectivity index (χ2n) is 5.68. The van der Waals surface area contributed by atoms with E-state index in [1.54, 1.807) is 17.8 Å². The molecule has 0 fully saturated rings. The molecule has 0 amide bonds. The van der Waals surface area contributed by atoms with Gasteiger partial charge in [0.1, 0.15) is 0 Å². The van der Waals surface area contributed by atoms with Gasteiger partial charge in [-0.15, -0.1) is 0 Å². The second kappa shape index (κ2) is 5.76. The Balaban J connectivity index is 2.54. The van der Waals surface area contributed by atoms with Crippen LogP contribution in [-0.2, 0) is 16.6 Å². The largest absolute Gasteiger partial charge is 0.276 e. The first-order valence-electron chi connectivity index (χ1n) is 7.31. The van der Waals surface area contributed by atoms with E-state index in [4.69, 9.17) is 0 Å². The van der Waals surface area contributed by atoms with Gasteiger partial charge in [-0.25, -0.2) is 8.42 Å². The topological polar surface area (TPSA) is 64.0 Å². The van der Waals surface area contributed by atoms with Gasteiger partial charge in [0.15, 0.2) is 0 Å². The molecule has 0 aliphatic rings. The Labute approximate surface area is 132 Å². The standard InChI is InChI=1S/C16H23N3O2S/c1-7-19-9-15(14(6)17-19)18-22(20,21)16-12(4)10(2)8-11(3)13(16)5/h8-9,18H,7H2,1-6H3. The highest BCUT2D eigenvalue weighted by molar-refractivity contribution is 7.92. The number of rotatable bonds is 4. The van der Waals surface area contributed by atoms with Crippen LogP contribution in [0.4, 0.5) is 5.69 Å². The molecule has 1 N–H and O–H groups in total. The van der Waals surface area contributed by atoms with E-state index in [0.717, 1.165) is 22.3 Å². The van der Waals surface area contributed by atoms with E-state index in [1.165, 1.54) is 0 Å². The van der Waals surface area contributed by atoms with Crippen molar-refractivity contribution >= 4 is 15.7 Å². The maximum absolute atomic E-state index is 12.8. The summed E-state index contributed by atoms with van der Waals surface area (Å²) in [7, 11) is -3.64. The van der Waals surface area contributed by atoms with Crippen molar-refractivity contribution in [1.82, 2.24) is 9.78 Å². The average Bonchev–Trinajstić information content (AvgIpc) is 2.76. The summed E-state index contributed by atoms with van der Waals surface area (Å²) in [5, 5.41) is 4.28. The van der Waals surface area contributed by atoms with Gasteiger partial charge in [-0.3, -0.25) is 9.40 Å². The first-order chi connectivity index (χ1) is 10.2. The molecule has 2 rings (SSSR count). The van der Waals surface area contributed by atoms with Crippen molar-refractivity contribution < 1.29 is 8.42 Å². The van der Waals surface area contributed by atoms with Crippen LogP contribution in [0.3, 0.4) is 0 Å². The van der Waals surface area contributed by atoms with Gasteiger partial charge >= 0.3 is 0 Å². The summed E-state index contributed by atoms with van der Waals surface area (Å²) < 4.78 is 30.1. The van der Waals surface area contributed by atoms with Crippen LogP contribution in [0.5, 0.6) is 0 Å². The summed E-state index contributed by atoms with van der Waals surface area (Å²) in [6.45, 7) is 12.0. The number of hydrogen-bond donors (Lipinski definition) is 1. The molecule has 0 saturated heterocycles. The Hall–Kier alpha value is -1.82. The Kier molecular flexibility index (Phi) is 4.33. The fraction of sp³-hybridized carbons (Fsp3) is 0.438. The zero-order chi connectivity index (χ0) is 16.7. The lowest BCUT2D eigenvalue weighted by Gasteiger charge is -2.16. The highest BCUT2D eigenvalue weighted by Gasteiger charge is 2.23. The summed E-state index contributed by atoms with van der Waals surface area (Å²) in [5.74, 6) is 0. The van der Waals surface area contributed by atoms with E-state index in [-0.39, 0.29) is 0 Å². The van der Waals surface area contributed by atoms with Crippen LogP contribution in [0.2, 0.25) is 0 Å². The van der Waals surface area contributed by atoms with E-state index in [2.05, 4.69) is 9.82 Å². The lowest BCUT2D eigenvalue weighted by Crippen LogP contribution is -2.17. The molecule has 5 nitrogen and oxygen atoms in total. The molecule has 22 heavy (non-hydrogen) atoms. The molecule has 2 aromatic rings. The van der Waals surface area contributed by atoms with Crippen LogP contribution in [0.1, 0.15) is 34.9 Å².